The summed E-state index contributed by atoms with van der Waals surface area (Å²) in [6.07, 6.45) is 6.28. The molecule has 5 heteroatoms. The van der Waals surface area contributed by atoms with Gasteiger partial charge in [-0.15, -0.1) is 0 Å². The van der Waals surface area contributed by atoms with Gasteiger partial charge in [0.05, 0.1) is 0 Å². The predicted molar refractivity (Wildman–Crippen MR) is 85.3 cm³/mol. The Balaban J connectivity index is 2.14. The molecule has 1 fully saturated rings. The van der Waals surface area contributed by atoms with E-state index in [0.717, 1.165) is 18.5 Å². The van der Waals surface area contributed by atoms with Crippen molar-refractivity contribution in [3.63, 3.8) is 0 Å². The number of nitrogens with one attached hydrogen (secondary N) is 2. The Hall–Kier alpha value is -1.62. The van der Waals surface area contributed by atoms with Crippen LogP contribution in [0.4, 0.5) is 5.69 Å². The first kappa shape index (κ1) is 15.8. The Labute approximate surface area is 126 Å². The van der Waals surface area contributed by atoms with Crippen LogP contribution in [0.2, 0.25) is 0 Å². The summed E-state index contributed by atoms with van der Waals surface area (Å²) in [5, 5.41) is 6.34. The highest BCUT2D eigenvalue weighted by Crippen LogP contribution is 2.34. The maximum atomic E-state index is 11.9. The molecule has 0 saturated heterocycles. The van der Waals surface area contributed by atoms with Crippen molar-refractivity contribution in [2.24, 2.45) is 11.7 Å². The standard InChI is InChI=1S/C16H26N4O/c1-3-18-15(21)14-9-13(6-8-19-14)20-16(11-17)7-4-5-12(2)10-16/h6,8-9,12H,3-5,7,10-11,17H2,1-2H3,(H,18,21)(H,19,20). The van der Waals surface area contributed by atoms with Crippen LogP contribution in [0.15, 0.2) is 18.3 Å². The van der Waals surface area contributed by atoms with Gasteiger partial charge < -0.3 is 16.4 Å². The summed E-state index contributed by atoms with van der Waals surface area (Å²) in [5.74, 6) is 0.541. The molecule has 1 aromatic heterocycles. The minimum absolute atomic E-state index is 0.0580. The molecule has 1 saturated carbocycles. The molecule has 1 aromatic rings. The summed E-state index contributed by atoms with van der Waals surface area (Å²) in [4.78, 5) is 16.0. The van der Waals surface area contributed by atoms with Crippen molar-refractivity contribution in [3.8, 4) is 0 Å². The molecule has 0 aliphatic heterocycles. The maximum absolute atomic E-state index is 11.9. The lowest BCUT2D eigenvalue weighted by atomic mass is 9.76. The number of carbonyl (C=O) groups is 1. The van der Waals surface area contributed by atoms with Crippen LogP contribution >= 0.6 is 0 Å². The molecule has 2 atom stereocenters. The zero-order valence-corrected chi connectivity index (χ0v) is 13.0. The van der Waals surface area contributed by atoms with Gasteiger partial charge in [0.2, 0.25) is 0 Å². The molecule has 116 valence electrons. The Kier molecular flexibility index (Phi) is 5.17. The largest absolute Gasteiger partial charge is 0.378 e. The zero-order valence-electron chi connectivity index (χ0n) is 13.0. The van der Waals surface area contributed by atoms with Crippen molar-refractivity contribution in [1.29, 1.82) is 0 Å². The van der Waals surface area contributed by atoms with Crippen LogP contribution in [0, 0.1) is 5.92 Å². The summed E-state index contributed by atoms with van der Waals surface area (Å²) in [6, 6.07) is 3.71. The average Bonchev–Trinajstić information content (AvgIpc) is 2.48. The van der Waals surface area contributed by atoms with Gasteiger partial charge in [-0.1, -0.05) is 19.8 Å². The van der Waals surface area contributed by atoms with Crippen LogP contribution in [0.1, 0.15) is 50.0 Å². The first-order valence-corrected chi connectivity index (χ1v) is 7.81. The number of amides is 1. The fourth-order valence-electron chi connectivity index (χ4n) is 3.20. The lowest BCUT2D eigenvalue weighted by Gasteiger charge is -2.40. The normalized spacial score (nSPS) is 25.4. The first-order chi connectivity index (χ1) is 10.1. The van der Waals surface area contributed by atoms with E-state index in [1.54, 1.807) is 6.20 Å². The number of aromatic nitrogens is 1. The predicted octanol–water partition coefficient (Wildman–Crippen LogP) is 2.15. The van der Waals surface area contributed by atoms with Crippen molar-refractivity contribution in [1.82, 2.24) is 10.3 Å². The second-order valence-electron chi connectivity index (χ2n) is 6.10. The highest BCUT2D eigenvalue weighted by molar-refractivity contribution is 5.93. The van der Waals surface area contributed by atoms with Crippen molar-refractivity contribution >= 4 is 11.6 Å². The molecule has 1 amide bonds. The summed E-state index contributed by atoms with van der Waals surface area (Å²) >= 11 is 0. The van der Waals surface area contributed by atoms with E-state index in [1.165, 1.54) is 12.8 Å². The minimum atomic E-state index is -0.139. The highest BCUT2D eigenvalue weighted by atomic mass is 16.1. The first-order valence-electron chi connectivity index (χ1n) is 7.81. The smallest absolute Gasteiger partial charge is 0.269 e. The van der Waals surface area contributed by atoms with Gasteiger partial charge in [-0.3, -0.25) is 9.78 Å². The molecule has 0 spiro atoms. The zero-order chi connectivity index (χ0) is 15.3. The topological polar surface area (TPSA) is 80.0 Å². The van der Waals surface area contributed by atoms with Gasteiger partial charge in [0, 0.05) is 30.5 Å². The molecule has 2 unspecified atom stereocenters. The molecular weight excluding hydrogens is 264 g/mol. The fraction of sp³-hybridized carbons (Fsp3) is 0.625. The summed E-state index contributed by atoms with van der Waals surface area (Å²) in [5.41, 5.74) is 7.34. The third-order valence-corrected chi connectivity index (χ3v) is 4.22. The van der Waals surface area contributed by atoms with Crippen molar-refractivity contribution in [2.45, 2.75) is 45.1 Å². The lowest BCUT2D eigenvalue weighted by Crippen LogP contribution is -2.48. The number of pyridine rings is 1. The Bertz CT molecular complexity index is 491. The molecule has 1 aliphatic carbocycles. The van der Waals surface area contributed by atoms with E-state index in [2.05, 4.69) is 22.5 Å². The quantitative estimate of drug-likeness (QED) is 0.776. The van der Waals surface area contributed by atoms with Gasteiger partial charge in [-0.2, -0.15) is 0 Å². The van der Waals surface area contributed by atoms with Crippen LogP contribution in [-0.2, 0) is 0 Å². The van der Waals surface area contributed by atoms with Crippen LogP contribution in [0.3, 0.4) is 0 Å². The molecule has 0 radical (unpaired) electrons. The number of carbonyl (C=O) groups excluding carboxylic acids is 1. The van der Waals surface area contributed by atoms with Crippen molar-refractivity contribution < 1.29 is 4.79 Å². The summed E-state index contributed by atoms with van der Waals surface area (Å²) in [7, 11) is 0. The van der Waals surface area contributed by atoms with Crippen LogP contribution < -0.4 is 16.4 Å². The number of anilines is 1. The van der Waals surface area contributed by atoms with Gasteiger partial charge in [0.15, 0.2) is 0 Å². The van der Waals surface area contributed by atoms with Crippen molar-refractivity contribution in [3.05, 3.63) is 24.0 Å². The number of hydrogen-bond acceptors (Lipinski definition) is 4. The Morgan fingerprint density at radius 2 is 2.38 bits per heavy atom. The van der Waals surface area contributed by atoms with Gasteiger partial charge >= 0.3 is 0 Å². The molecule has 4 N–H and O–H groups in total. The van der Waals surface area contributed by atoms with Crippen LogP contribution in [0.5, 0.6) is 0 Å². The van der Waals surface area contributed by atoms with E-state index in [-0.39, 0.29) is 11.4 Å². The Morgan fingerprint density at radius 3 is 3.05 bits per heavy atom. The summed E-state index contributed by atoms with van der Waals surface area (Å²) in [6.45, 7) is 5.38. The van der Waals surface area contributed by atoms with E-state index in [9.17, 15) is 4.79 Å². The van der Waals surface area contributed by atoms with Crippen LogP contribution in [-0.4, -0.2) is 29.5 Å². The fourth-order valence-corrected chi connectivity index (χ4v) is 3.20. The number of rotatable bonds is 5. The molecule has 1 heterocycles. The molecule has 5 nitrogen and oxygen atoms in total. The number of nitrogens with zero attached hydrogens (tertiary/aromatic N) is 1. The third kappa shape index (κ3) is 3.94. The van der Waals surface area contributed by atoms with Gasteiger partial charge in [0.25, 0.3) is 5.91 Å². The third-order valence-electron chi connectivity index (χ3n) is 4.22. The van der Waals surface area contributed by atoms with Gasteiger partial charge in [-0.25, -0.2) is 0 Å². The van der Waals surface area contributed by atoms with E-state index >= 15 is 0 Å². The van der Waals surface area contributed by atoms with E-state index in [1.807, 2.05) is 19.1 Å². The SMILES string of the molecule is CCNC(=O)c1cc(NC2(CN)CCCC(C)C2)ccn1. The van der Waals surface area contributed by atoms with E-state index in [0.29, 0.717) is 24.7 Å². The molecule has 1 aliphatic rings. The van der Waals surface area contributed by atoms with Crippen LogP contribution in [0.25, 0.3) is 0 Å². The molecule has 2 rings (SSSR count). The highest BCUT2D eigenvalue weighted by Gasteiger charge is 2.33. The molecule has 0 bridgehead atoms. The second kappa shape index (κ2) is 6.89. The lowest BCUT2D eigenvalue weighted by molar-refractivity contribution is 0.0951. The Morgan fingerprint density at radius 1 is 1.57 bits per heavy atom. The summed E-state index contributed by atoms with van der Waals surface area (Å²) < 4.78 is 0. The average molecular weight is 290 g/mol. The van der Waals surface area contributed by atoms with E-state index in [4.69, 9.17) is 5.73 Å². The number of nitrogens with two attached hydrogens (primary N) is 1. The molecule has 0 aromatic carbocycles. The van der Waals surface area contributed by atoms with E-state index < -0.39 is 0 Å². The minimum Gasteiger partial charge on any atom is -0.378 e. The van der Waals surface area contributed by atoms with Gasteiger partial charge in [0.1, 0.15) is 5.69 Å². The molecule has 21 heavy (non-hydrogen) atoms. The van der Waals surface area contributed by atoms with Gasteiger partial charge in [-0.05, 0) is 37.8 Å². The van der Waals surface area contributed by atoms with Crippen molar-refractivity contribution in [2.75, 3.05) is 18.4 Å². The second-order valence-corrected chi connectivity index (χ2v) is 6.10. The monoisotopic (exact) mass is 290 g/mol. The molecular formula is C16H26N4O. The maximum Gasteiger partial charge on any atom is 0.269 e. The number of hydrogen-bond donors (Lipinski definition) is 3.